The summed E-state index contributed by atoms with van der Waals surface area (Å²) in [5, 5.41) is 14.3. The number of hydrogen-bond acceptors (Lipinski definition) is 6. The second kappa shape index (κ2) is 6.07. The van der Waals surface area contributed by atoms with E-state index in [0.717, 1.165) is 5.76 Å². The van der Waals surface area contributed by atoms with E-state index >= 15 is 0 Å². The molecule has 0 bridgehead atoms. The zero-order chi connectivity index (χ0) is 14.5. The number of para-hydroxylation sites is 1. The van der Waals surface area contributed by atoms with Gasteiger partial charge in [-0.15, -0.1) is 0 Å². The number of hydrogen-bond donors (Lipinski definition) is 3. The van der Waals surface area contributed by atoms with E-state index in [-0.39, 0.29) is 17.4 Å². The predicted molar refractivity (Wildman–Crippen MR) is 76.4 cm³/mol. The Labute approximate surface area is 115 Å². The number of anilines is 2. The van der Waals surface area contributed by atoms with Gasteiger partial charge < -0.3 is 15.2 Å². The molecule has 7 nitrogen and oxygen atoms in total. The number of rotatable bonds is 6. The van der Waals surface area contributed by atoms with Gasteiger partial charge in [0.1, 0.15) is 17.1 Å². The van der Waals surface area contributed by atoms with Gasteiger partial charge in [0.05, 0.1) is 11.2 Å². The molecule has 20 heavy (non-hydrogen) atoms. The van der Waals surface area contributed by atoms with Crippen molar-refractivity contribution in [2.45, 2.75) is 19.4 Å². The second-order valence-corrected chi connectivity index (χ2v) is 4.43. The molecule has 0 saturated carbocycles. The molecule has 7 heteroatoms. The number of hydrazine groups is 1. The molecule has 1 heterocycles. The van der Waals surface area contributed by atoms with Crippen LogP contribution in [0.1, 0.15) is 12.7 Å². The largest absolute Gasteiger partial charge is 0.469 e. The number of nitrogen functional groups attached to an aromatic ring is 1. The summed E-state index contributed by atoms with van der Waals surface area (Å²) in [6.45, 7) is 1.93. The van der Waals surface area contributed by atoms with Crippen LogP contribution in [0.3, 0.4) is 0 Å². The summed E-state index contributed by atoms with van der Waals surface area (Å²) in [6, 6.07) is 8.56. The Kier molecular flexibility index (Phi) is 4.21. The lowest BCUT2D eigenvalue weighted by Crippen LogP contribution is -2.19. The van der Waals surface area contributed by atoms with Gasteiger partial charge in [-0.25, -0.2) is 0 Å². The lowest BCUT2D eigenvalue weighted by Gasteiger charge is -2.15. The fourth-order valence-electron chi connectivity index (χ4n) is 2.02. The van der Waals surface area contributed by atoms with E-state index in [4.69, 9.17) is 10.3 Å². The standard InChI is InChI=1S/C13H16N4O3/c1-9(8-10-4-3-7-20-10)15-11-5-2-6-12(16-14)13(11)17(18)19/h2-7,9,15-16H,8,14H2,1H3. The van der Waals surface area contributed by atoms with Crippen molar-refractivity contribution in [1.29, 1.82) is 0 Å². The first kappa shape index (κ1) is 13.9. The van der Waals surface area contributed by atoms with Crippen LogP contribution in [0.4, 0.5) is 17.1 Å². The summed E-state index contributed by atoms with van der Waals surface area (Å²) in [5.74, 6) is 6.12. The van der Waals surface area contributed by atoms with Gasteiger partial charge in [0.25, 0.3) is 0 Å². The van der Waals surface area contributed by atoms with Crippen molar-refractivity contribution < 1.29 is 9.34 Å². The third-order valence-electron chi connectivity index (χ3n) is 2.86. The van der Waals surface area contributed by atoms with Crippen LogP contribution < -0.4 is 16.6 Å². The van der Waals surface area contributed by atoms with E-state index in [1.165, 1.54) is 0 Å². The average molecular weight is 276 g/mol. The fraction of sp³-hybridized carbons (Fsp3) is 0.231. The number of furan rings is 1. The molecule has 106 valence electrons. The molecule has 0 fully saturated rings. The number of nitro groups is 1. The minimum absolute atomic E-state index is 0.0205. The quantitative estimate of drug-likeness (QED) is 0.425. The third kappa shape index (κ3) is 3.07. The fourth-order valence-corrected chi connectivity index (χ4v) is 2.02. The monoisotopic (exact) mass is 276 g/mol. The van der Waals surface area contributed by atoms with Crippen LogP contribution in [-0.4, -0.2) is 11.0 Å². The van der Waals surface area contributed by atoms with Crippen molar-refractivity contribution in [1.82, 2.24) is 0 Å². The third-order valence-corrected chi connectivity index (χ3v) is 2.86. The topological polar surface area (TPSA) is 106 Å². The first-order valence-electron chi connectivity index (χ1n) is 6.14. The van der Waals surface area contributed by atoms with E-state index in [9.17, 15) is 10.1 Å². The maximum Gasteiger partial charge on any atom is 0.316 e. The highest BCUT2D eigenvalue weighted by Gasteiger charge is 2.20. The molecule has 2 rings (SSSR count). The zero-order valence-corrected chi connectivity index (χ0v) is 11.0. The number of nitrogens with two attached hydrogens (primary N) is 1. The smallest absolute Gasteiger partial charge is 0.316 e. The van der Waals surface area contributed by atoms with Crippen molar-refractivity contribution >= 4 is 17.1 Å². The van der Waals surface area contributed by atoms with E-state index < -0.39 is 4.92 Å². The minimum atomic E-state index is -0.461. The summed E-state index contributed by atoms with van der Waals surface area (Å²) in [4.78, 5) is 10.7. The molecular weight excluding hydrogens is 260 g/mol. The van der Waals surface area contributed by atoms with Gasteiger partial charge >= 0.3 is 5.69 Å². The van der Waals surface area contributed by atoms with Crippen LogP contribution in [0.25, 0.3) is 0 Å². The van der Waals surface area contributed by atoms with Crippen LogP contribution in [0.15, 0.2) is 41.0 Å². The number of nitro benzene ring substituents is 1. The van der Waals surface area contributed by atoms with Gasteiger partial charge in [-0.05, 0) is 31.2 Å². The molecule has 0 saturated heterocycles. The highest BCUT2D eigenvalue weighted by Crippen LogP contribution is 2.32. The summed E-state index contributed by atoms with van der Waals surface area (Å²) < 4.78 is 5.26. The SMILES string of the molecule is CC(Cc1ccco1)Nc1cccc(NN)c1[N+](=O)[O-]. The van der Waals surface area contributed by atoms with Gasteiger partial charge in [0.2, 0.25) is 0 Å². The molecule has 4 N–H and O–H groups in total. The maximum atomic E-state index is 11.2. The molecule has 1 atom stereocenters. The molecule has 0 spiro atoms. The second-order valence-electron chi connectivity index (χ2n) is 4.43. The molecule has 0 amide bonds. The van der Waals surface area contributed by atoms with Crippen molar-refractivity contribution in [2.75, 3.05) is 10.7 Å². The Morgan fingerprint density at radius 2 is 2.10 bits per heavy atom. The molecule has 0 radical (unpaired) electrons. The Morgan fingerprint density at radius 1 is 1.35 bits per heavy atom. The van der Waals surface area contributed by atoms with Crippen LogP contribution >= 0.6 is 0 Å². The Morgan fingerprint density at radius 3 is 2.70 bits per heavy atom. The molecule has 1 unspecified atom stereocenters. The maximum absolute atomic E-state index is 11.2. The van der Waals surface area contributed by atoms with Crippen LogP contribution in [0.2, 0.25) is 0 Å². The van der Waals surface area contributed by atoms with Crippen LogP contribution in [0.5, 0.6) is 0 Å². The van der Waals surface area contributed by atoms with Gasteiger partial charge in [-0.1, -0.05) is 6.07 Å². The molecule has 0 aliphatic rings. The summed E-state index contributed by atoms with van der Waals surface area (Å²) in [7, 11) is 0. The number of nitrogens with zero attached hydrogens (tertiary/aromatic N) is 1. The van der Waals surface area contributed by atoms with E-state index in [2.05, 4.69) is 10.7 Å². The predicted octanol–water partition coefficient (Wildman–Crippen LogP) is 2.52. The highest BCUT2D eigenvalue weighted by atomic mass is 16.6. The van der Waals surface area contributed by atoms with E-state index in [1.54, 1.807) is 24.5 Å². The van der Waals surface area contributed by atoms with Crippen molar-refractivity contribution in [3.63, 3.8) is 0 Å². The summed E-state index contributed by atoms with van der Waals surface area (Å²) in [6.07, 6.45) is 2.23. The van der Waals surface area contributed by atoms with Crippen LogP contribution in [-0.2, 0) is 6.42 Å². The summed E-state index contributed by atoms with van der Waals surface area (Å²) in [5.41, 5.74) is 2.96. The first-order chi connectivity index (χ1) is 9.61. The van der Waals surface area contributed by atoms with Gasteiger partial charge in [0.15, 0.2) is 0 Å². The Balaban J connectivity index is 2.18. The van der Waals surface area contributed by atoms with Crippen molar-refractivity contribution in [3.05, 3.63) is 52.5 Å². The zero-order valence-electron chi connectivity index (χ0n) is 11.0. The van der Waals surface area contributed by atoms with E-state index in [1.807, 2.05) is 19.1 Å². The molecular formula is C13H16N4O3. The lowest BCUT2D eigenvalue weighted by atomic mass is 10.1. The number of nitrogens with one attached hydrogen (secondary N) is 2. The lowest BCUT2D eigenvalue weighted by molar-refractivity contribution is -0.383. The molecule has 1 aromatic heterocycles. The Bertz CT molecular complexity index is 583. The van der Waals surface area contributed by atoms with Crippen LogP contribution in [0, 0.1) is 10.1 Å². The number of benzene rings is 1. The normalized spacial score (nSPS) is 11.9. The molecule has 1 aromatic carbocycles. The molecule has 2 aromatic rings. The van der Waals surface area contributed by atoms with Gasteiger partial charge in [-0.3, -0.25) is 16.0 Å². The minimum Gasteiger partial charge on any atom is -0.469 e. The average Bonchev–Trinajstić information content (AvgIpc) is 2.90. The Hall–Kier alpha value is -2.54. The first-order valence-corrected chi connectivity index (χ1v) is 6.14. The molecule has 0 aliphatic carbocycles. The molecule has 0 aliphatic heterocycles. The van der Waals surface area contributed by atoms with Gasteiger partial charge in [-0.2, -0.15) is 0 Å². The highest BCUT2D eigenvalue weighted by molar-refractivity contribution is 5.76. The van der Waals surface area contributed by atoms with Crippen molar-refractivity contribution in [2.24, 2.45) is 5.84 Å². The van der Waals surface area contributed by atoms with E-state index in [0.29, 0.717) is 12.1 Å². The summed E-state index contributed by atoms with van der Waals surface area (Å²) >= 11 is 0. The van der Waals surface area contributed by atoms with Gasteiger partial charge in [0, 0.05) is 12.5 Å². The van der Waals surface area contributed by atoms with Crippen molar-refractivity contribution in [3.8, 4) is 0 Å².